The number of amides is 2. The van der Waals surface area contributed by atoms with Gasteiger partial charge in [-0.1, -0.05) is 13.8 Å². The number of fused-ring (bicyclic) bond motifs is 1. The van der Waals surface area contributed by atoms with Crippen LogP contribution >= 0.6 is 0 Å². The van der Waals surface area contributed by atoms with Crippen molar-refractivity contribution in [1.29, 1.82) is 0 Å². The molecule has 2 heterocycles. The number of piperidine rings is 1. The van der Waals surface area contributed by atoms with Crippen molar-refractivity contribution in [3.8, 4) is 5.75 Å². The molecule has 0 radical (unpaired) electrons. The van der Waals surface area contributed by atoms with E-state index in [2.05, 4.69) is 29.8 Å². The van der Waals surface area contributed by atoms with E-state index < -0.39 is 6.10 Å². The van der Waals surface area contributed by atoms with Crippen LogP contribution < -0.4 is 20.7 Å². The highest BCUT2D eigenvalue weighted by molar-refractivity contribution is 6.00. The maximum atomic E-state index is 12.6. The molecule has 0 spiro atoms. The zero-order valence-corrected chi connectivity index (χ0v) is 13.7. The Morgan fingerprint density at radius 2 is 2.17 bits per heavy atom. The van der Waals surface area contributed by atoms with Gasteiger partial charge in [-0.25, -0.2) is 0 Å². The van der Waals surface area contributed by atoms with E-state index >= 15 is 0 Å². The van der Waals surface area contributed by atoms with Crippen LogP contribution in [0.5, 0.6) is 5.75 Å². The summed E-state index contributed by atoms with van der Waals surface area (Å²) in [6.45, 7) is 6.76. The average Bonchev–Trinajstić information content (AvgIpc) is 2.48. The third-order valence-corrected chi connectivity index (χ3v) is 4.57. The molecule has 0 bridgehead atoms. The SMILES string of the molecule is CC1Oc2ccc(NC(=O)C3NCCCC3(C)C)cc2NC1=O. The number of ether oxygens (including phenoxy) is 1. The predicted molar refractivity (Wildman–Crippen MR) is 88.6 cm³/mol. The van der Waals surface area contributed by atoms with Crippen LogP contribution in [0.2, 0.25) is 0 Å². The van der Waals surface area contributed by atoms with Crippen LogP contribution in [0.25, 0.3) is 0 Å². The summed E-state index contributed by atoms with van der Waals surface area (Å²) >= 11 is 0. The normalized spacial score (nSPS) is 25.8. The summed E-state index contributed by atoms with van der Waals surface area (Å²) in [5.41, 5.74) is 1.15. The number of hydrogen-bond donors (Lipinski definition) is 3. The fraction of sp³-hybridized carbons (Fsp3) is 0.529. The van der Waals surface area contributed by atoms with Crippen molar-refractivity contribution in [3.05, 3.63) is 18.2 Å². The highest BCUT2D eigenvalue weighted by Gasteiger charge is 2.37. The number of carbonyl (C=O) groups excluding carboxylic acids is 2. The van der Waals surface area contributed by atoms with Gasteiger partial charge in [0.25, 0.3) is 5.91 Å². The molecule has 0 aliphatic carbocycles. The van der Waals surface area contributed by atoms with Crippen LogP contribution in [-0.4, -0.2) is 30.5 Å². The molecule has 1 aromatic rings. The Balaban J connectivity index is 1.75. The van der Waals surface area contributed by atoms with Crippen LogP contribution in [0, 0.1) is 5.41 Å². The summed E-state index contributed by atoms with van der Waals surface area (Å²) in [6.07, 6.45) is 1.59. The number of nitrogens with one attached hydrogen (secondary N) is 3. The van der Waals surface area contributed by atoms with E-state index in [-0.39, 0.29) is 23.3 Å². The van der Waals surface area contributed by atoms with Gasteiger partial charge >= 0.3 is 0 Å². The van der Waals surface area contributed by atoms with Crippen molar-refractivity contribution in [3.63, 3.8) is 0 Å². The van der Waals surface area contributed by atoms with Crippen molar-refractivity contribution >= 4 is 23.2 Å². The Labute approximate surface area is 136 Å². The number of anilines is 2. The summed E-state index contributed by atoms with van der Waals surface area (Å²) < 4.78 is 5.52. The second-order valence-electron chi connectivity index (χ2n) is 6.93. The Kier molecular flexibility index (Phi) is 4.02. The monoisotopic (exact) mass is 317 g/mol. The minimum atomic E-state index is -0.504. The van der Waals surface area contributed by atoms with Gasteiger partial charge in [0.05, 0.1) is 11.7 Å². The van der Waals surface area contributed by atoms with Crippen LogP contribution in [-0.2, 0) is 9.59 Å². The van der Waals surface area contributed by atoms with E-state index in [1.54, 1.807) is 25.1 Å². The van der Waals surface area contributed by atoms with Gasteiger partial charge < -0.3 is 20.7 Å². The largest absolute Gasteiger partial charge is 0.479 e. The van der Waals surface area contributed by atoms with Crippen molar-refractivity contribution in [2.75, 3.05) is 17.2 Å². The molecule has 1 aromatic carbocycles. The summed E-state index contributed by atoms with van der Waals surface area (Å²) in [6, 6.07) is 5.06. The summed E-state index contributed by atoms with van der Waals surface area (Å²) in [5, 5.41) is 9.02. The van der Waals surface area contributed by atoms with Crippen LogP contribution in [0.4, 0.5) is 11.4 Å². The van der Waals surface area contributed by atoms with E-state index in [4.69, 9.17) is 4.74 Å². The third kappa shape index (κ3) is 3.17. The smallest absolute Gasteiger partial charge is 0.265 e. The first-order chi connectivity index (χ1) is 10.9. The van der Waals surface area contributed by atoms with Gasteiger partial charge in [-0.05, 0) is 49.9 Å². The van der Waals surface area contributed by atoms with Gasteiger partial charge in [-0.15, -0.1) is 0 Å². The van der Waals surface area contributed by atoms with Crippen LogP contribution in [0.3, 0.4) is 0 Å². The van der Waals surface area contributed by atoms with E-state index in [0.717, 1.165) is 19.4 Å². The lowest BCUT2D eigenvalue weighted by molar-refractivity contribution is -0.123. The van der Waals surface area contributed by atoms with Crippen molar-refractivity contribution in [2.24, 2.45) is 5.41 Å². The first-order valence-corrected chi connectivity index (χ1v) is 8.03. The molecule has 0 aromatic heterocycles. The molecule has 3 N–H and O–H groups in total. The standard InChI is InChI=1S/C17H23N3O3/c1-10-15(21)20-12-9-11(5-6-13(12)23-10)19-16(22)14-17(2,3)7-4-8-18-14/h5-6,9-10,14,18H,4,7-8H2,1-3H3,(H,19,22)(H,20,21). The molecule has 2 atom stereocenters. The maximum Gasteiger partial charge on any atom is 0.265 e. The van der Waals surface area contributed by atoms with Gasteiger partial charge in [0, 0.05) is 5.69 Å². The maximum absolute atomic E-state index is 12.6. The number of hydrogen-bond acceptors (Lipinski definition) is 4. The van der Waals surface area contributed by atoms with Gasteiger partial charge in [0.2, 0.25) is 5.91 Å². The van der Waals surface area contributed by atoms with Crippen molar-refractivity contribution in [2.45, 2.75) is 45.8 Å². The molecular formula is C17H23N3O3. The Hall–Kier alpha value is -2.08. The number of rotatable bonds is 2. The third-order valence-electron chi connectivity index (χ3n) is 4.57. The summed E-state index contributed by atoms with van der Waals surface area (Å²) in [4.78, 5) is 24.3. The molecule has 6 nitrogen and oxygen atoms in total. The lowest BCUT2D eigenvalue weighted by Crippen LogP contribution is -2.53. The lowest BCUT2D eigenvalue weighted by Gasteiger charge is -2.38. The van der Waals surface area contributed by atoms with Gasteiger partial charge in [-0.3, -0.25) is 9.59 Å². The highest BCUT2D eigenvalue weighted by atomic mass is 16.5. The zero-order chi connectivity index (χ0) is 16.6. The van der Waals surface area contributed by atoms with E-state index in [1.807, 2.05) is 0 Å². The van der Waals surface area contributed by atoms with E-state index in [1.165, 1.54) is 0 Å². The van der Waals surface area contributed by atoms with Gasteiger partial charge in [0.1, 0.15) is 5.75 Å². The molecule has 2 aliphatic rings. The second-order valence-corrected chi connectivity index (χ2v) is 6.93. The fourth-order valence-electron chi connectivity index (χ4n) is 3.16. The Morgan fingerprint density at radius 1 is 1.39 bits per heavy atom. The molecule has 1 fully saturated rings. The predicted octanol–water partition coefficient (Wildman–Crippen LogP) is 2.12. The molecule has 1 saturated heterocycles. The first-order valence-electron chi connectivity index (χ1n) is 8.03. The van der Waals surface area contributed by atoms with Crippen molar-refractivity contribution < 1.29 is 14.3 Å². The molecule has 2 unspecified atom stereocenters. The Morgan fingerprint density at radius 3 is 2.91 bits per heavy atom. The quantitative estimate of drug-likeness (QED) is 0.780. The second kappa shape index (κ2) is 5.85. The van der Waals surface area contributed by atoms with Gasteiger partial charge in [0.15, 0.2) is 6.10 Å². The number of benzene rings is 1. The lowest BCUT2D eigenvalue weighted by atomic mass is 9.77. The van der Waals surface area contributed by atoms with E-state index in [9.17, 15) is 9.59 Å². The fourth-order valence-corrected chi connectivity index (χ4v) is 3.16. The molecule has 124 valence electrons. The molecular weight excluding hydrogens is 294 g/mol. The Bertz CT molecular complexity index is 642. The minimum absolute atomic E-state index is 0.0499. The average molecular weight is 317 g/mol. The zero-order valence-electron chi connectivity index (χ0n) is 13.7. The molecule has 2 amide bonds. The van der Waals surface area contributed by atoms with Crippen LogP contribution in [0.1, 0.15) is 33.6 Å². The highest BCUT2D eigenvalue weighted by Crippen LogP contribution is 2.34. The topological polar surface area (TPSA) is 79.5 Å². The molecule has 23 heavy (non-hydrogen) atoms. The molecule has 0 saturated carbocycles. The molecule has 2 aliphatic heterocycles. The molecule has 6 heteroatoms. The van der Waals surface area contributed by atoms with E-state index in [0.29, 0.717) is 17.1 Å². The first kappa shape index (κ1) is 15.8. The number of carbonyl (C=O) groups is 2. The minimum Gasteiger partial charge on any atom is -0.479 e. The summed E-state index contributed by atoms with van der Waals surface area (Å²) in [7, 11) is 0. The molecule has 3 rings (SSSR count). The van der Waals surface area contributed by atoms with Gasteiger partial charge in [-0.2, -0.15) is 0 Å². The van der Waals surface area contributed by atoms with Crippen LogP contribution in [0.15, 0.2) is 18.2 Å². The van der Waals surface area contributed by atoms with Crippen molar-refractivity contribution in [1.82, 2.24) is 5.32 Å². The summed E-state index contributed by atoms with van der Waals surface area (Å²) in [5.74, 6) is 0.383.